The molecule has 0 radical (unpaired) electrons. The van der Waals surface area contributed by atoms with E-state index in [1.807, 2.05) is 0 Å². The lowest BCUT2D eigenvalue weighted by molar-refractivity contribution is -0.533. The Labute approximate surface area is 222 Å². The zero-order chi connectivity index (χ0) is 28.5. The van der Waals surface area contributed by atoms with Gasteiger partial charge in [-0.05, 0) is 55.2 Å². The van der Waals surface area contributed by atoms with Gasteiger partial charge >= 0.3 is 5.97 Å². The Morgan fingerprint density at radius 3 is 2.00 bits per heavy atom. The van der Waals surface area contributed by atoms with Crippen molar-refractivity contribution >= 4 is 5.97 Å². The Morgan fingerprint density at radius 1 is 0.974 bits per heavy atom. The predicted molar refractivity (Wildman–Crippen MR) is 138 cm³/mol. The highest BCUT2D eigenvalue weighted by atomic mass is 16.6. The molecule has 0 aliphatic carbocycles. The standard InChI is InChI=1S/C27H34N2O9/c1-17(30)38-21(20(29(31)32)12-18-8-9-22(33-3)23(13-18)34-4)10-11-27(2,16-28)19-14-24(35-5)26(37-7)25(15-19)36-6/h8-9,13-15,20-21H,10-12H2,1-7H3. The zero-order valence-corrected chi connectivity index (χ0v) is 22.7. The zero-order valence-electron chi connectivity index (χ0n) is 22.7. The topological polar surface area (TPSA) is 139 Å². The monoisotopic (exact) mass is 530 g/mol. The number of nitro groups is 1. The highest BCUT2D eigenvalue weighted by Crippen LogP contribution is 2.43. The highest BCUT2D eigenvalue weighted by molar-refractivity contribution is 5.66. The van der Waals surface area contributed by atoms with Crippen molar-refractivity contribution in [3.05, 3.63) is 51.6 Å². The number of rotatable bonds is 14. The minimum absolute atomic E-state index is 0.0290. The van der Waals surface area contributed by atoms with E-state index in [9.17, 15) is 20.2 Å². The molecule has 0 amide bonds. The molecule has 2 rings (SSSR count). The molecule has 2 aromatic rings. The molecule has 0 aromatic heterocycles. The maximum absolute atomic E-state index is 12.2. The van der Waals surface area contributed by atoms with Gasteiger partial charge in [-0.1, -0.05) is 6.07 Å². The predicted octanol–water partition coefficient (Wildman–Crippen LogP) is 4.11. The molecule has 11 nitrogen and oxygen atoms in total. The smallest absolute Gasteiger partial charge is 0.303 e. The number of benzene rings is 2. The fourth-order valence-corrected chi connectivity index (χ4v) is 4.23. The molecule has 0 fully saturated rings. The molecular formula is C27H34N2O9. The first kappa shape index (κ1) is 30.0. The first-order chi connectivity index (χ1) is 18.1. The third kappa shape index (κ3) is 6.97. The number of carbonyl (C=O) groups is 1. The van der Waals surface area contributed by atoms with Crippen LogP contribution in [0.5, 0.6) is 28.7 Å². The number of methoxy groups -OCH3 is 5. The molecule has 0 N–H and O–H groups in total. The second-order valence-corrected chi connectivity index (χ2v) is 8.79. The largest absolute Gasteiger partial charge is 0.493 e. The van der Waals surface area contributed by atoms with Crippen LogP contribution in [0.4, 0.5) is 0 Å². The fourth-order valence-electron chi connectivity index (χ4n) is 4.23. The van der Waals surface area contributed by atoms with E-state index in [0.29, 0.717) is 39.9 Å². The van der Waals surface area contributed by atoms with Gasteiger partial charge in [-0.25, -0.2) is 0 Å². The van der Waals surface area contributed by atoms with Gasteiger partial charge in [0.05, 0.1) is 47.0 Å². The first-order valence-corrected chi connectivity index (χ1v) is 11.8. The maximum atomic E-state index is 12.2. The lowest BCUT2D eigenvalue weighted by atomic mass is 9.78. The lowest BCUT2D eigenvalue weighted by Crippen LogP contribution is -2.40. The molecule has 206 valence electrons. The molecule has 3 unspecified atom stereocenters. The van der Waals surface area contributed by atoms with Gasteiger partial charge in [-0.15, -0.1) is 0 Å². The molecule has 2 aromatic carbocycles. The van der Waals surface area contributed by atoms with Crippen molar-refractivity contribution in [3.8, 4) is 34.8 Å². The van der Waals surface area contributed by atoms with E-state index in [0.717, 1.165) is 0 Å². The number of esters is 1. The van der Waals surface area contributed by atoms with Crippen LogP contribution in [-0.2, 0) is 21.4 Å². The summed E-state index contributed by atoms with van der Waals surface area (Å²) in [5.74, 6) is 1.38. The summed E-state index contributed by atoms with van der Waals surface area (Å²) in [6.07, 6.45) is -0.917. The summed E-state index contributed by atoms with van der Waals surface area (Å²) in [7, 11) is 7.38. The molecule has 0 saturated carbocycles. The minimum Gasteiger partial charge on any atom is -0.493 e. The molecule has 0 heterocycles. The Kier molecular flexibility index (Phi) is 10.6. The third-order valence-corrected chi connectivity index (χ3v) is 6.39. The average molecular weight is 531 g/mol. The van der Waals surface area contributed by atoms with Gasteiger partial charge in [0, 0.05) is 18.3 Å². The highest BCUT2D eigenvalue weighted by Gasteiger charge is 2.38. The van der Waals surface area contributed by atoms with Gasteiger partial charge in [0.1, 0.15) is 0 Å². The second-order valence-electron chi connectivity index (χ2n) is 8.79. The lowest BCUT2D eigenvalue weighted by Gasteiger charge is -2.27. The number of nitriles is 1. The Hall–Kier alpha value is -4.20. The quantitative estimate of drug-likeness (QED) is 0.199. The summed E-state index contributed by atoms with van der Waals surface area (Å²) in [5, 5.41) is 22.3. The van der Waals surface area contributed by atoms with Gasteiger partial charge in [0.2, 0.25) is 5.75 Å². The molecule has 11 heteroatoms. The van der Waals surface area contributed by atoms with Crippen molar-refractivity contribution in [3.63, 3.8) is 0 Å². The Balaban J connectivity index is 2.41. The summed E-state index contributed by atoms with van der Waals surface area (Å²) in [5.41, 5.74) is 0.0539. The third-order valence-electron chi connectivity index (χ3n) is 6.39. The summed E-state index contributed by atoms with van der Waals surface area (Å²) in [4.78, 5) is 23.6. The van der Waals surface area contributed by atoms with Crippen LogP contribution in [0, 0.1) is 21.4 Å². The second kappa shape index (κ2) is 13.4. The molecule has 0 aliphatic heterocycles. The van der Waals surface area contributed by atoms with Crippen LogP contribution in [-0.4, -0.2) is 58.6 Å². The van der Waals surface area contributed by atoms with Gasteiger partial charge < -0.3 is 28.4 Å². The number of nitrogens with zero attached hydrogens (tertiary/aromatic N) is 2. The Morgan fingerprint density at radius 2 is 1.55 bits per heavy atom. The minimum atomic E-state index is -1.26. The van der Waals surface area contributed by atoms with Gasteiger partial charge in [0.15, 0.2) is 29.1 Å². The summed E-state index contributed by atoms with van der Waals surface area (Å²) in [6, 6.07) is 9.36. The summed E-state index contributed by atoms with van der Waals surface area (Å²) >= 11 is 0. The van der Waals surface area contributed by atoms with E-state index in [2.05, 4.69) is 6.07 Å². The molecule has 0 saturated heterocycles. The van der Waals surface area contributed by atoms with Crippen LogP contribution in [0.1, 0.15) is 37.8 Å². The van der Waals surface area contributed by atoms with E-state index in [-0.39, 0.29) is 19.3 Å². The molecule has 38 heavy (non-hydrogen) atoms. The first-order valence-electron chi connectivity index (χ1n) is 11.8. The fraction of sp³-hybridized carbons (Fsp3) is 0.481. The van der Waals surface area contributed by atoms with Crippen LogP contribution >= 0.6 is 0 Å². The van der Waals surface area contributed by atoms with Crippen LogP contribution < -0.4 is 23.7 Å². The van der Waals surface area contributed by atoms with Gasteiger partial charge in [0.25, 0.3) is 6.04 Å². The maximum Gasteiger partial charge on any atom is 0.303 e. The molecular weight excluding hydrogens is 496 g/mol. The van der Waals surface area contributed by atoms with Gasteiger partial charge in [-0.3, -0.25) is 14.9 Å². The van der Waals surface area contributed by atoms with Crippen molar-refractivity contribution in [1.29, 1.82) is 5.26 Å². The van der Waals surface area contributed by atoms with E-state index < -0.39 is 28.5 Å². The average Bonchev–Trinajstić information content (AvgIpc) is 2.92. The van der Waals surface area contributed by atoms with Gasteiger partial charge in [-0.2, -0.15) is 5.26 Å². The summed E-state index contributed by atoms with van der Waals surface area (Å²) < 4.78 is 32.2. The number of carbonyl (C=O) groups excluding carboxylic acids is 1. The Bertz CT molecular complexity index is 1150. The number of hydrogen-bond donors (Lipinski definition) is 0. The van der Waals surface area contributed by atoms with Crippen LogP contribution in [0.25, 0.3) is 0 Å². The van der Waals surface area contributed by atoms with Crippen LogP contribution in [0.3, 0.4) is 0 Å². The van der Waals surface area contributed by atoms with Crippen LogP contribution in [0.2, 0.25) is 0 Å². The van der Waals surface area contributed by atoms with Crippen molar-refractivity contribution < 1.29 is 38.1 Å². The molecule has 3 atom stereocenters. The van der Waals surface area contributed by atoms with Crippen molar-refractivity contribution in [2.45, 2.75) is 50.7 Å². The molecule has 0 spiro atoms. The summed E-state index contributed by atoms with van der Waals surface area (Å²) in [6.45, 7) is 2.90. The van der Waals surface area contributed by atoms with Crippen molar-refractivity contribution in [1.82, 2.24) is 0 Å². The van der Waals surface area contributed by atoms with E-state index in [4.69, 9.17) is 28.4 Å². The van der Waals surface area contributed by atoms with E-state index in [1.165, 1.54) is 42.5 Å². The SMILES string of the molecule is COc1ccc(CC(C(CCC(C)(C#N)c2cc(OC)c(OC)c(OC)c2)OC(C)=O)[N+](=O)[O-])cc1OC. The number of hydrogen-bond acceptors (Lipinski definition) is 10. The van der Waals surface area contributed by atoms with Crippen molar-refractivity contribution in [2.75, 3.05) is 35.5 Å². The van der Waals surface area contributed by atoms with E-state index >= 15 is 0 Å². The molecule has 0 aliphatic rings. The molecule has 0 bridgehead atoms. The van der Waals surface area contributed by atoms with E-state index in [1.54, 1.807) is 37.3 Å². The van der Waals surface area contributed by atoms with Crippen molar-refractivity contribution in [2.24, 2.45) is 0 Å². The van der Waals surface area contributed by atoms with Crippen LogP contribution in [0.15, 0.2) is 30.3 Å². The normalized spacial score (nSPS) is 13.7. The number of ether oxygens (including phenoxy) is 6.